The minimum atomic E-state index is -0.502. The summed E-state index contributed by atoms with van der Waals surface area (Å²) in [6.07, 6.45) is 5.29. The molecule has 10 nitrogen and oxygen atoms in total. The topological polar surface area (TPSA) is 128 Å². The zero-order valence-electron chi connectivity index (χ0n) is 15.6. The summed E-state index contributed by atoms with van der Waals surface area (Å²) in [7, 11) is 0. The second-order valence-corrected chi connectivity index (χ2v) is 6.96. The maximum Gasteiger partial charge on any atom is 0.326 e. The zero-order chi connectivity index (χ0) is 20.7. The number of hydrogen-bond acceptors (Lipinski definition) is 6. The minimum Gasteiger partial charge on any atom is -0.493 e. The summed E-state index contributed by atoms with van der Waals surface area (Å²) < 4.78 is 1.64. The van der Waals surface area contributed by atoms with Crippen LogP contribution in [0.2, 0.25) is 0 Å². The highest BCUT2D eigenvalue weighted by Gasteiger charge is 2.20. The van der Waals surface area contributed by atoms with Crippen LogP contribution in [-0.4, -0.2) is 35.7 Å². The van der Waals surface area contributed by atoms with E-state index in [0.29, 0.717) is 27.9 Å². The molecule has 5 rings (SSSR count). The molecule has 30 heavy (non-hydrogen) atoms. The van der Waals surface area contributed by atoms with Gasteiger partial charge in [0.2, 0.25) is 5.88 Å². The smallest absolute Gasteiger partial charge is 0.326 e. The van der Waals surface area contributed by atoms with E-state index < -0.39 is 5.69 Å². The number of imidazole rings is 1. The molecule has 0 unspecified atom stereocenters. The van der Waals surface area contributed by atoms with Gasteiger partial charge in [0, 0.05) is 17.0 Å². The third-order valence-electron chi connectivity index (χ3n) is 4.65. The van der Waals surface area contributed by atoms with Crippen molar-refractivity contribution < 1.29 is 5.11 Å². The number of hydrogen-bond donors (Lipinski definition) is 4. The van der Waals surface area contributed by atoms with Crippen molar-refractivity contribution in [1.29, 1.82) is 0 Å². The van der Waals surface area contributed by atoms with Crippen molar-refractivity contribution in [1.82, 2.24) is 24.6 Å². The van der Waals surface area contributed by atoms with E-state index in [1.807, 2.05) is 18.2 Å². The van der Waals surface area contributed by atoms with Crippen molar-refractivity contribution in [3.05, 3.63) is 74.8 Å². The number of nitrogens with one attached hydrogen (secondary N) is 3. The average Bonchev–Trinajstić information content (AvgIpc) is 3.37. The summed E-state index contributed by atoms with van der Waals surface area (Å²) in [6, 6.07) is 9.17. The van der Waals surface area contributed by atoms with Crippen LogP contribution in [0, 0.1) is 6.57 Å². The van der Waals surface area contributed by atoms with Gasteiger partial charge in [-0.1, -0.05) is 12.1 Å². The second kappa shape index (κ2) is 6.89. The predicted molar refractivity (Wildman–Crippen MR) is 109 cm³/mol. The van der Waals surface area contributed by atoms with Crippen LogP contribution >= 0.6 is 0 Å². The van der Waals surface area contributed by atoms with Crippen molar-refractivity contribution in [2.75, 3.05) is 5.32 Å². The van der Waals surface area contributed by atoms with E-state index >= 15 is 0 Å². The first-order valence-corrected chi connectivity index (χ1v) is 9.29. The summed E-state index contributed by atoms with van der Waals surface area (Å²) >= 11 is 0. The third-order valence-corrected chi connectivity index (χ3v) is 4.65. The summed E-state index contributed by atoms with van der Waals surface area (Å²) in [5.41, 5.74) is 2.27. The van der Waals surface area contributed by atoms with E-state index in [2.05, 4.69) is 30.2 Å². The highest BCUT2D eigenvalue weighted by atomic mass is 16.3. The maximum absolute atomic E-state index is 11.4. The fraction of sp³-hybridized carbons (Fsp3) is 0.150. The van der Waals surface area contributed by atoms with Gasteiger partial charge in [0.1, 0.15) is 11.5 Å². The first kappa shape index (κ1) is 17.7. The molecule has 3 heterocycles. The standard InChI is InChI=1S/C20H16N8O2/c1-21-12-2-4-13(5-3-12)23-16-9-17(24-14-6-7-14)28-18(26-16)11(10-22-28)8-15-19(29)27-20(30)25-15/h2-5,8-10,14,23,29H,6-7H2,(H2,25,27,30)/b11-8-,24-17?. The molecule has 4 aromatic rings. The Morgan fingerprint density at radius 2 is 2.10 bits per heavy atom. The van der Waals surface area contributed by atoms with Gasteiger partial charge in [-0.2, -0.15) is 9.61 Å². The molecule has 1 aliphatic rings. The van der Waals surface area contributed by atoms with Crippen LogP contribution in [0.3, 0.4) is 0 Å². The molecule has 1 aliphatic carbocycles. The van der Waals surface area contributed by atoms with Crippen LogP contribution in [-0.2, 0) is 0 Å². The van der Waals surface area contributed by atoms with Gasteiger partial charge in [0.15, 0.2) is 16.8 Å². The Labute approximate surface area is 169 Å². The van der Waals surface area contributed by atoms with E-state index in [4.69, 9.17) is 11.6 Å². The fourth-order valence-electron chi connectivity index (χ4n) is 3.03. The van der Waals surface area contributed by atoms with E-state index in [1.54, 1.807) is 28.9 Å². The van der Waals surface area contributed by atoms with Crippen molar-refractivity contribution in [3.63, 3.8) is 0 Å². The molecule has 3 aromatic heterocycles. The molecule has 0 saturated heterocycles. The van der Waals surface area contributed by atoms with Crippen molar-refractivity contribution in [2.45, 2.75) is 18.9 Å². The number of rotatable bonds is 4. The summed E-state index contributed by atoms with van der Waals surface area (Å²) in [5.74, 6) is 0.316. The van der Waals surface area contributed by atoms with Gasteiger partial charge in [0.25, 0.3) is 0 Å². The maximum atomic E-state index is 11.4. The van der Waals surface area contributed by atoms with E-state index in [9.17, 15) is 9.90 Å². The minimum absolute atomic E-state index is 0.241. The highest BCUT2D eigenvalue weighted by Crippen LogP contribution is 2.23. The van der Waals surface area contributed by atoms with Crippen LogP contribution in [0.4, 0.5) is 17.2 Å². The lowest BCUT2D eigenvalue weighted by Gasteiger charge is -2.06. The van der Waals surface area contributed by atoms with E-state index in [0.717, 1.165) is 18.5 Å². The Bertz CT molecular complexity index is 1470. The lowest BCUT2D eigenvalue weighted by Crippen LogP contribution is -2.19. The van der Waals surface area contributed by atoms with Crippen LogP contribution in [0.5, 0.6) is 5.88 Å². The largest absolute Gasteiger partial charge is 0.493 e. The highest BCUT2D eigenvalue weighted by molar-refractivity contribution is 5.63. The van der Waals surface area contributed by atoms with Gasteiger partial charge in [-0.15, -0.1) is 0 Å². The Morgan fingerprint density at radius 1 is 1.30 bits per heavy atom. The zero-order valence-corrected chi connectivity index (χ0v) is 15.6. The Hall–Kier alpha value is -4.39. The number of aromatic nitrogens is 5. The average molecular weight is 400 g/mol. The fourth-order valence-corrected chi connectivity index (χ4v) is 3.03. The lowest BCUT2D eigenvalue weighted by atomic mass is 10.3. The number of nitrogens with zero attached hydrogens (tertiary/aromatic N) is 5. The van der Waals surface area contributed by atoms with Crippen LogP contribution in [0.1, 0.15) is 18.5 Å². The predicted octanol–water partition coefficient (Wildman–Crippen LogP) is 1.36. The lowest BCUT2D eigenvalue weighted by molar-refractivity contribution is 0.454. The Morgan fingerprint density at radius 3 is 2.77 bits per heavy atom. The molecule has 0 spiro atoms. The van der Waals surface area contributed by atoms with E-state index in [1.165, 1.54) is 0 Å². The third kappa shape index (κ3) is 3.40. The van der Waals surface area contributed by atoms with Gasteiger partial charge in [0.05, 0.1) is 18.8 Å². The van der Waals surface area contributed by atoms with Crippen molar-refractivity contribution >= 4 is 28.9 Å². The first-order valence-electron chi connectivity index (χ1n) is 9.29. The molecule has 10 heteroatoms. The number of H-pyrrole nitrogens is 2. The molecule has 0 bridgehead atoms. The molecule has 1 aromatic carbocycles. The quantitative estimate of drug-likeness (QED) is 0.385. The molecular formula is C20H16N8O2. The molecule has 0 radical (unpaired) electrons. The van der Waals surface area contributed by atoms with Gasteiger partial charge in [-0.25, -0.2) is 14.6 Å². The Balaban J connectivity index is 1.65. The second-order valence-electron chi connectivity index (χ2n) is 6.96. The number of fused-ring (bicyclic) bond motifs is 1. The SMILES string of the molecule is [C-]#[N+]c1ccc(Nc2cc(=NC3CC3)n3nc/c(=C/c4[nH]c(=O)[nH]c4O)c3n2)cc1. The van der Waals surface area contributed by atoms with Gasteiger partial charge >= 0.3 is 5.69 Å². The molecule has 1 fully saturated rings. The summed E-state index contributed by atoms with van der Waals surface area (Å²) in [4.78, 5) is 29.0. The van der Waals surface area contributed by atoms with Gasteiger partial charge < -0.3 is 15.4 Å². The molecule has 1 saturated carbocycles. The summed E-state index contributed by atoms with van der Waals surface area (Å²) in [5, 5.41) is 18.1. The molecule has 0 aliphatic heterocycles. The number of benzene rings is 1. The van der Waals surface area contributed by atoms with Gasteiger partial charge in [-0.05, 0) is 31.1 Å². The van der Waals surface area contributed by atoms with Crippen molar-refractivity contribution in [3.8, 4) is 5.88 Å². The monoisotopic (exact) mass is 400 g/mol. The molecule has 0 amide bonds. The molecule has 4 N–H and O–H groups in total. The number of aromatic amines is 2. The van der Waals surface area contributed by atoms with Crippen molar-refractivity contribution in [2.24, 2.45) is 4.99 Å². The summed E-state index contributed by atoms with van der Waals surface area (Å²) in [6.45, 7) is 7.06. The van der Waals surface area contributed by atoms with Crippen LogP contribution in [0.25, 0.3) is 16.6 Å². The Kier molecular flexibility index (Phi) is 4.07. The normalized spacial score (nSPS) is 14.9. The number of aromatic hydroxyl groups is 1. The number of anilines is 2. The molecule has 0 atom stereocenters. The van der Waals surface area contributed by atoms with Gasteiger partial charge in [-0.3, -0.25) is 9.98 Å². The first-order chi connectivity index (χ1) is 14.6. The van der Waals surface area contributed by atoms with E-state index in [-0.39, 0.29) is 17.6 Å². The molecule has 148 valence electrons. The van der Waals surface area contributed by atoms with Crippen LogP contribution < -0.4 is 21.7 Å². The van der Waals surface area contributed by atoms with Crippen LogP contribution in [0.15, 0.2) is 46.3 Å². The molecular weight excluding hydrogens is 384 g/mol.